The van der Waals surface area contributed by atoms with E-state index in [0.29, 0.717) is 6.10 Å². The van der Waals surface area contributed by atoms with Crippen molar-refractivity contribution in [3.8, 4) is 11.5 Å². The second-order valence-electron chi connectivity index (χ2n) is 5.63. The molecule has 0 N–H and O–H groups in total. The summed E-state index contributed by atoms with van der Waals surface area (Å²) in [6.45, 7) is 3.11. The minimum absolute atomic E-state index is 0.304. The molecular weight excluding hydrogens is 276 g/mol. The van der Waals surface area contributed by atoms with Gasteiger partial charge in [-0.05, 0) is 48.7 Å². The highest BCUT2D eigenvalue weighted by Crippen LogP contribution is 2.22. The highest BCUT2D eigenvalue weighted by atomic mass is 16.5. The molecule has 1 fully saturated rings. The van der Waals surface area contributed by atoms with E-state index in [9.17, 15) is 0 Å². The maximum absolute atomic E-state index is 6.06. The Bertz CT molecular complexity index is 563. The number of likely N-dealkylation sites (tertiary alicyclic amines) is 1. The van der Waals surface area contributed by atoms with Crippen molar-refractivity contribution in [1.82, 2.24) is 9.88 Å². The van der Waals surface area contributed by atoms with E-state index in [1.165, 1.54) is 5.56 Å². The molecule has 1 aliphatic rings. The largest absolute Gasteiger partial charge is 0.497 e. The average Bonchev–Trinajstić information content (AvgIpc) is 2.58. The van der Waals surface area contributed by atoms with Crippen LogP contribution in [0.4, 0.5) is 0 Å². The van der Waals surface area contributed by atoms with Gasteiger partial charge >= 0.3 is 0 Å². The van der Waals surface area contributed by atoms with E-state index < -0.39 is 0 Å². The van der Waals surface area contributed by atoms with Crippen LogP contribution in [0.2, 0.25) is 0 Å². The maximum atomic E-state index is 6.06. The number of pyridine rings is 1. The smallest absolute Gasteiger partial charge is 0.119 e. The fraction of sp³-hybridized carbons (Fsp3) is 0.389. The molecule has 0 bridgehead atoms. The molecule has 2 heterocycles. The van der Waals surface area contributed by atoms with Crippen LogP contribution >= 0.6 is 0 Å². The molecule has 3 rings (SSSR count). The van der Waals surface area contributed by atoms with E-state index in [4.69, 9.17) is 9.47 Å². The number of nitrogens with zero attached hydrogens (tertiary/aromatic N) is 2. The van der Waals surface area contributed by atoms with Crippen LogP contribution in [-0.4, -0.2) is 36.2 Å². The minimum Gasteiger partial charge on any atom is -0.497 e. The summed E-state index contributed by atoms with van der Waals surface area (Å²) in [7, 11) is 1.67. The Balaban J connectivity index is 1.47. The first-order valence-electron chi connectivity index (χ1n) is 7.75. The van der Waals surface area contributed by atoms with Gasteiger partial charge in [-0.3, -0.25) is 9.88 Å². The van der Waals surface area contributed by atoms with Crippen LogP contribution in [0.25, 0.3) is 0 Å². The third-order valence-electron chi connectivity index (χ3n) is 4.03. The molecule has 116 valence electrons. The van der Waals surface area contributed by atoms with Gasteiger partial charge in [0.05, 0.1) is 7.11 Å². The number of piperidine rings is 1. The van der Waals surface area contributed by atoms with Crippen LogP contribution in [-0.2, 0) is 6.54 Å². The van der Waals surface area contributed by atoms with Gasteiger partial charge in [-0.25, -0.2) is 0 Å². The fourth-order valence-corrected chi connectivity index (χ4v) is 2.78. The predicted molar refractivity (Wildman–Crippen MR) is 86.2 cm³/mol. The number of rotatable bonds is 5. The van der Waals surface area contributed by atoms with Crippen LogP contribution < -0.4 is 9.47 Å². The number of aromatic nitrogens is 1. The van der Waals surface area contributed by atoms with Crippen LogP contribution in [0.1, 0.15) is 18.4 Å². The first-order chi connectivity index (χ1) is 10.8. The Morgan fingerprint density at radius 2 is 1.82 bits per heavy atom. The summed E-state index contributed by atoms with van der Waals surface area (Å²) in [5.74, 6) is 1.78. The van der Waals surface area contributed by atoms with Gasteiger partial charge in [0.1, 0.15) is 17.6 Å². The van der Waals surface area contributed by atoms with Crippen LogP contribution in [0.3, 0.4) is 0 Å². The van der Waals surface area contributed by atoms with E-state index in [1.54, 1.807) is 7.11 Å². The summed E-state index contributed by atoms with van der Waals surface area (Å²) in [5.41, 5.74) is 1.28. The Hall–Kier alpha value is -2.07. The summed E-state index contributed by atoms with van der Waals surface area (Å²) in [5, 5.41) is 0. The third-order valence-corrected chi connectivity index (χ3v) is 4.03. The quantitative estimate of drug-likeness (QED) is 0.849. The van der Waals surface area contributed by atoms with Crippen molar-refractivity contribution in [3.05, 3.63) is 54.4 Å². The molecule has 22 heavy (non-hydrogen) atoms. The molecule has 0 unspecified atom stereocenters. The molecule has 1 aliphatic heterocycles. The summed E-state index contributed by atoms with van der Waals surface area (Å²) < 4.78 is 11.2. The van der Waals surface area contributed by atoms with Crippen molar-refractivity contribution in [2.45, 2.75) is 25.5 Å². The lowest BCUT2D eigenvalue weighted by Crippen LogP contribution is -2.37. The molecule has 0 radical (unpaired) electrons. The van der Waals surface area contributed by atoms with Gasteiger partial charge in [0.15, 0.2) is 0 Å². The molecule has 0 amide bonds. The van der Waals surface area contributed by atoms with E-state index >= 15 is 0 Å². The Morgan fingerprint density at radius 3 is 2.45 bits per heavy atom. The summed E-state index contributed by atoms with van der Waals surface area (Å²) in [6.07, 6.45) is 6.19. The third kappa shape index (κ3) is 3.98. The lowest BCUT2D eigenvalue weighted by atomic mass is 10.1. The predicted octanol–water partition coefficient (Wildman–Crippen LogP) is 3.13. The average molecular weight is 298 g/mol. The van der Waals surface area contributed by atoms with Crippen LogP contribution in [0.5, 0.6) is 11.5 Å². The van der Waals surface area contributed by atoms with Gasteiger partial charge in [-0.2, -0.15) is 0 Å². The Morgan fingerprint density at radius 1 is 1.09 bits per heavy atom. The van der Waals surface area contributed by atoms with Crippen molar-refractivity contribution < 1.29 is 9.47 Å². The lowest BCUT2D eigenvalue weighted by Gasteiger charge is -2.32. The van der Waals surface area contributed by atoms with E-state index in [2.05, 4.69) is 16.0 Å². The standard InChI is InChI=1S/C18H22N2O2/c1-21-16-4-6-17(7-5-16)22-18-8-11-20(12-9-18)14-15-3-2-10-19-13-15/h2-7,10,13,18H,8-9,11-12,14H2,1H3. The summed E-state index contributed by atoms with van der Waals surface area (Å²) in [4.78, 5) is 6.64. The van der Waals surface area contributed by atoms with E-state index in [0.717, 1.165) is 44.0 Å². The summed E-state index contributed by atoms with van der Waals surface area (Å²) in [6, 6.07) is 11.9. The van der Waals surface area contributed by atoms with Crippen LogP contribution in [0.15, 0.2) is 48.8 Å². The molecule has 4 nitrogen and oxygen atoms in total. The second kappa shape index (κ2) is 7.27. The zero-order valence-corrected chi connectivity index (χ0v) is 12.9. The van der Waals surface area contributed by atoms with Crippen LogP contribution in [0, 0.1) is 0 Å². The fourth-order valence-electron chi connectivity index (χ4n) is 2.78. The van der Waals surface area contributed by atoms with Crippen molar-refractivity contribution in [3.63, 3.8) is 0 Å². The lowest BCUT2D eigenvalue weighted by molar-refractivity contribution is 0.0967. The first-order valence-corrected chi connectivity index (χ1v) is 7.75. The van der Waals surface area contributed by atoms with Gasteiger partial charge in [0, 0.05) is 32.0 Å². The van der Waals surface area contributed by atoms with E-state index in [1.807, 2.05) is 42.7 Å². The number of methoxy groups -OCH3 is 1. The van der Waals surface area contributed by atoms with Crippen molar-refractivity contribution >= 4 is 0 Å². The Kier molecular flexibility index (Phi) is 4.91. The molecule has 0 atom stereocenters. The zero-order chi connectivity index (χ0) is 15.2. The highest BCUT2D eigenvalue weighted by Gasteiger charge is 2.20. The van der Waals surface area contributed by atoms with E-state index in [-0.39, 0.29) is 0 Å². The molecule has 4 heteroatoms. The van der Waals surface area contributed by atoms with Gasteiger partial charge in [-0.1, -0.05) is 6.07 Å². The summed E-state index contributed by atoms with van der Waals surface area (Å²) >= 11 is 0. The molecular formula is C18H22N2O2. The minimum atomic E-state index is 0.304. The van der Waals surface area contributed by atoms with Gasteiger partial charge < -0.3 is 9.47 Å². The van der Waals surface area contributed by atoms with Gasteiger partial charge in [0.25, 0.3) is 0 Å². The highest BCUT2D eigenvalue weighted by molar-refractivity contribution is 5.31. The van der Waals surface area contributed by atoms with Crippen molar-refractivity contribution in [1.29, 1.82) is 0 Å². The molecule has 0 saturated carbocycles. The number of benzene rings is 1. The molecule has 1 aromatic carbocycles. The van der Waals surface area contributed by atoms with Gasteiger partial charge in [0.2, 0.25) is 0 Å². The number of hydrogen-bond donors (Lipinski definition) is 0. The first kappa shape index (κ1) is 14.9. The number of hydrogen-bond acceptors (Lipinski definition) is 4. The van der Waals surface area contributed by atoms with Gasteiger partial charge in [-0.15, -0.1) is 0 Å². The molecule has 1 aromatic heterocycles. The number of ether oxygens (including phenoxy) is 2. The zero-order valence-electron chi connectivity index (χ0n) is 12.9. The Labute approximate surface area is 131 Å². The van der Waals surface area contributed by atoms with Crippen molar-refractivity contribution in [2.24, 2.45) is 0 Å². The molecule has 2 aromatic rings. The molecule has 1 saturated heterocycles. The second-order valence-corrected chi connectivity index (χ2v) is 5.63. The van der Waals surface area contributed by atoms with Crippen molar-refractivity contribution in [2.75, 3.05) is 20.2 Å². The molecule has 0 aliphatic carbocycles. The topological polar surface area (TPSA) is 34.6 Å². The molecule has 0 spiro atoms. The SMILES string of the molecule is COc1ccc(OC2CCN(Cc3cccnc3)CC2)cc1. The monoisotopic (exact) mass is 298 g/mol. The maximum Gasteiger partial charge on any atom is 0.119 e. The normalized spacial score (nSPS) is 16.4.